The van der Waals surface area contributed by atoms with Gasteiger partial charge in [-0.3, -0.25) is 0 Å². The summed E-state index contributed by atoms with van der Waals surface area (Å²) >= 11 is 12.1. The highest BCUT2D eigenvalue weighted by molar-refractivity contribution is 6.35. The number of benzene rings is 1. The molecule has 0 unspecified atom stereocenters. The first-order valence-corrected chi connectivity index (χ1v) is 8.80. The first-order valence-electron chi connectivity index (χ1n) is 8.04. The van der Waals surface area contributed by atoms with Gasteiger partial charge in [-0.2, -0.15) is 0 Å². The van der Waals surface area contributed by atoms with Crippen LogP contribution in [0.15, 0.2) is 30.9 Å². The van der Waals surface area contributed by atoms with E-state index >= 15 is 0 Å². The molecule has 0 saturated carbocycles. The molecule has 0 saturated heterocycles. The summed E-state index contributed by atoms with van der Waals surface area (Å²) in [6, 6.07) is 5.58. The topological polar surface area (TPSA) is 21.7 Å². The second-order valence-corrected chi connectivity index (χ2v) is 6.53. The molecule has 1 heterocycles. The van der Waals surface area contributed by atoms with Gasteiger partial charge in [0.1, 0.15) is 6.54 Å². The number of rotatable bonds is 9. The SMILES string of the molecule is CCCCCCCC[n+]1cnn(Cc2ccc(Cl)cc2Cl)c1. The molecule has 120 valence electrons. The average Bonchev–Trinajstić information content (AvgIpc) is 2.93. The van der Waals surface area contributed by atoms with Gasteiger partial charge in [0.15, 0.2) is 0 Å². The Labute approximate surface area is 142 Å². The predicted octanol–water partition coefficient (Wildman–Crippen LogP) is 4.89. The minimum absolute atomic E-state index is 0.660. The fraction of sp³-hybridized carbons (Fsp3) is 0.529. The molecule has 3 nitrogen and oxygen atoms in total. The van der Waals surface area contributed by atoms with Gasteiger partial charge in [-0.25, -0.2) is 4.57 Å². The average molecular weight is 341 g/mol. The van der Waals surface area contributed by atoms with Gasteiger partial charge in [-0.15, -0.1) is 4.68 Å². The summed E-state index contributed by atoms with van der Waals surface area (Å²) in [5.41, 5.74) is 1.03. The molecule has 0 aliphatic carbocycles. The van der Waals surface area contributed by atoms with Crippen LogP contribution in [-0.2, 0) is 13.1 Å². The molecule has 0 N–H and O–H groups in total. The lowest BCUT2D eigenvalue weighted by Crippen LogP contribution is -2.31. The van der Waals surface area contributed by atoms with Crippen molar-refractivity contribution in [3.63, 3.8) is 0 Å². The Hall–Kier alpha value is -1.06. The van der Waals surface area contributed by atoms with E-state index in [2.05, 4.69) is 16.6 Å². The Morgan fingerprint density at radius 1 is 1.09 bits per heavy atom. The predicted molar refractivity (Wildman–Crippen MR) is 91.4 cm³/mol. The molecule has 0 spiro atoms. The third-order valence-corrected chi connectivity index (χ3v) is 4.33. The zero-order chi connectivity index (χ0) is 15.8. The van der Waals surface area contributed by atoms with Crippen LogP contribution >= 0.6 is 23.2 Å². The lowest BCUT2D eigenvalue weighted by Gasteiger charge is -2.01. The Morgan fingerprint density at radius 3 is 2.64 bits per heavy atom. The smallest absolute Gasteiger partial charge is 0.237 e. The first-order chi connectivity index (χ1) is 10.7. The molecule has 0 aliphatic rings. The van der Waals surface area contributed by atoms with E-state index in [-0.39, 0.29) is 0 Å². The lowest BCUT2D eigenvalue weighted by molar-refractivity contribution is -0.698. The van der Waals surface area contributed by atoms with Crippen LogP contribution in [0.25, 0.3) is 0 Å². The normalized spacial score (nSPS) is 11.0. The highest BCUT2D eigenvalue weighted by atomic mass is 35.5. The molecule has 0 amide bonds. The van der Waals surface area contributed by atoms with Crippen molar-refractivity contribution < 1.29 is 4.57 Å². The van der Waals surface area contributed by atoms with E-state index in [1.165, 1.54) is 38.5 Å². The van der Waals surface area contributed by atoms with Crippen molar-refractivity contribution >= 4 is 23.2 Å². The van der Waals surface area contributed by atoms with Gasteiger partial charge in [0, 0.05) is 20.7 Å². The summed E-state index contributed by atoms with van der Waals surface area (Å²) in [5.74, 6) is 0. The Bertz CT molecular complexity index is 581. The van der Waals surface area contributed by atoms with Crippen LogP contribution in [0.2, 0.25) is 10.0 Å². The van der Waals surface area contributed by atoms with Crippen molar-refractivity contribution in [3.05, 3.63) is 46.5 Å². The lowest BCUT2D eigenvalue weighted by atomic mass is 10.1. The maximum Gasteiger partial charge on any atom is 0.265 e. The van der Waals surface area contributed by atoms with E-state index in [4.69, 9.17) is 23.2 Å². The molecule has 0 aliphatic heterocycles. The van der Waals surface area contributed by atoms with Crippen LogP contribution in [0.1, 0.15) is 51.0 Å². The van der Waals surface area contributed by atoms with Crippen LogP contribution in [-0.4, -0.2) is 9.78 Å². The Balaban J connectivity index is 1.79. The molecule has 1 aromatic heterocycles. The molecular weight excluding hydrogens is 317 g/mol. The summed E-state index contributed by atoms with van der Waals surface area (Å²) in [7, 11) is 0. The first kappa shape index (κ1) is 17.3. The Kier molecular flexibility index (Phi) is 7.20. The molecular formula is C17H24Cl2N3+. The molecule has 22 heavy (non-hydrogen) atoms. The minimum atomic E-state index is 0.660. The summed E-state index contributed by atoms with van der Waals surface area (Å²) in [6.45, 7) is 3.94. The number of hydrogen-bond acceptors (Lipinski definition) is 1. The van der Waals surface area contributed by atoms with E-state index in [9.17, 15) is 0 Å². The van der Waals surface area contributed by atoms with Crippen LogP contribution in [0.3, 0.4) is 0 Å². The maximum absolute atomic E-state index is 6.20. The highest BCUT2D eigenvalue weighted by Gasteiger charge is 2.09. The third kappa shape index (κ3) is 5.62. The molecule has 2 aromatic rings. The molecule has 0 atom stereocenters. The summed E-state index contributed by atoms with van der Waals surface area (Å²) in [4.78, 5) is 0. The summed E-state index contributed by atoms with van der Waals surface area (Å²) in [5, 5.41) is 5.74. The van der Waals surface area contributed by atoms with E-state index in [0.717, 1.165) is 12.1 Å². The standard InChI is InChI=1S/C17H24Cl2N3/c1-2-3-4-5-6-7-10-21-13-20-22(14-21)12-15-8-9-16(18)11-17(15)19/h8-9,11,13-14H,2-7,10,12H2,1H3/q+1. The van der Waals surface area contributed by atoms with Crippen molar-refractivity contribution in [1.29, 1.82) is 0 Å². The van der Waals surface area contributed by atoms with Gasteiger partial charge >= 0.3 is 0 Å². The van der Waals surface area contributed by atoms with Crippen molar-refractivity contribution in [1.82, 2.24) is 9.78 Å². The van der Waals surface area contributed by atoms with Gasteiger partial charge < -0.3 is 0 Å². The summed E-state index contributed by atoms with van der Waals surface area (Å²) < 4.78 is 4.05. The number of aromatic nitrogens is 3. The van der Waals surface area contributed by atoms with Crippen molar-refractivity contribution in [3.8, 4) is 0 Å². The summed E-state index contributed by atoms with van der Waals surface area (Å²) in [6.07, 6.45) is 11.8. The molecule has 0 bridgehead atoms. The third-order valence-electron chi connectivity index (χ3n) is 3.75. The molecule has 1 aromatic carbocycles. The minimum Gasteiger partial charge on any atom is -0.237 e. The van der Waals surface area contributed by atoms with Crippen LogP contribution < -0.4 is 4.57 Å². The fourth-order valence-electron chi connectivity index (χ4n) is 2.46. The number of aryl methyl sites for hydroxylation is 1. The van der Waals surface area contributed by atoms with Crippen LogP contribution in [0.5, 0.6) is 0 Å². The Morgan fingerprint density at radius 2 is 1.86 bits per heavy atom. The van der Waals surface area contributed by atoms with Gasteiger partial charge in [-0.05, 0) is 18.6 Å². The van der Waals surface area contributed by atoms with Crippen molar-refractivity contribution in [2.24, 2.45) is 0 Å². The molecule has 2 rings (SSSR count). The molecule has 5 heteroatoms. The van der Waals surface area contributed by atoms with E-state index < -0.39 is 0 Å². The molecule has 0 fully saturated rings. The van der Waals surface area contributed by atoms with Crippen LogP contribution in [0, 0.1) is 0 Å². The van der Waals surface area contributed by atoms with E-state index in [1.807, 2.05) is 29.5 Å². The monoisotopic (exact) mass is 340 g/mol. The number of unbranched alkanes of at least 4 members (excludes halogenated alkanes) is 5. The van der Waals surface area contributed by atoms with Gasteiger partial charge in [-0.1, -0.05) is 68.3 Å². The van der Waals surface area contributed by atoms with Gasteiger partial charge in [0.2, 0.25) is 6.33 Å². The maximum atomic E-state index is 6.20. The number of nitrogens with zero attached hydrogens (tertiary/aromatic N) is 3. The van der Waals surface area contributed by atoms with E-state index in [1.54, 1.807) is 6.07 Å². The second kappa shape index (κ2) is 9.16. The zero-order valence-corrected chi connectivity index (χ0v) is 14.7. The largest absolute Gasteiger partial charge is 0.265 e. The number of hydrogen-bond donors (Lipinski definition) is 0. The highest BCUT2D eigenvalue weighted by Crippen LogP contribution is 2.21. The zero-order valence-electron chi connectivity index (χ0n) is 13.1. The quantitative estimate of drug-likeness (QED) is 0.470. The fourth-order valence-corrected chi connectivity index (χ4v) is 2.93. The van der Waals surface area contributed by atoms with E-state index in [0.29, 0.717) is 16.6 Å². The number of halogens is 2. The van der Waals surface area contributed by atoms with Crippen LogP contribution in [0.4, 0.5) is 0 Å². The van der Waals surface area contributed by atoms with Gasteiger partial charge in [0.25, 0.3) is 6.33 Å². The second-order valence-electron chi connectivity index (χ2n) is 5.69. The van der Waals surface area contributed by atoms with Crippen molar-refractivity contribution in [2.45, 2.75) is 58.5 Å². The molecule has 0 radical (unpaired) electrons. The van der Waals surface area contributed by atoms with Gasteiger partial charge in [0.05, 0.1) is 6.54 Å². The van der Waals surface area contributed by atoms with Crippen molar-refractivity contribution in [2.75, 3.05) is 0 Å².